The zero-order valence-electron chi connectivity index (χ0n) is 8.42. The summed E-state index contributed by atoms with van der Waals surface area (Å²) in [6.07, 6.45) is 5.52. The summed E-state index contributed by atoms with van der Waals surface area (Å²) < 4.78 is 12.7. The number of carbonyl (C=O) groups is 1. The molecule has 0 heterocycles. The zero-order chi connectivity index (χ0) is 10.4. The molecule has 1 atom stereocenters. The van der Waals surface area contributed by atoms with Crippen molar-refractivity contribution in [3.8, 4) is 0 Å². The minimum absolute atomic E-state index is 0.114. The predicted molar refractivity (Wildman–Crippen MR) is 54.9 cm³/mol. The molecule has 0 radical (unpaired) electrons. The maximum Gasteiger partial charge on any atom is 0.162 e. The number of carbonyl (C=O) groups excluding carboxylic acids is 1. The summed E-state index contributed by atoms with van der Waals surface area (Å²) in [4.78, 5) is 11.5. The Morgan fingerprint density at radius 3 is 3.07 bits per heavy atom. The lowest BCUT2D eigenvalue weighted by Gasteiger charge is -2.08. The molecule has 0 saturated carbocycles. The highest BCUT2D eigenvalue weighted by molar-refractivity contribution is 5.98. The lowest BCUT2D eigenvalue weighted by atomic mass is 10.00. The maximum atomic E-state index is 12.7. The Bertz CT molecular complexity index is 258. The molecule has 1 rings (SSSR count). The highest BCUT2D eigenvalue weighted by atomic mass is 19.1. The van der Waals surface area contributed by atoms with Crippen LogP contribution in [-0.2, 0) is 4.79 Å². The molecule has 1 unspecified atom stereocenters. The highest BCUT2D eigenvalue weighted by Crippen LogP contribution is 2.15. The van der Waals surface area contributed by atoms with Crippen LogP contribution in [0.1, 0.15) is 19.3 Å². The molecule has 3 heteroatoms. The van der Waals surface area contributed by atoms with Gasteiger partial charge in [-0.15, -0.1) is 0 Å². The average molecular weight is 197 g/mol. The molecule has 78 valence electrons. The van der Waals surface area contributed by atoms with Crippen molar-refractivity contribution in [3.63, 3.8) is 0 Å². The fourth-order valence-electron chi connectivity index (χ4n) is 1.37. The van der Waals surface area contributed by atoms with Crippen molar-refractivity contribution >= 4 is 5.78 Å². The second-order valence-corrected chi connectivity index (χ2v) is 3.40. The third-order valence-corrected chi connectivity index (χ3v) is 2.20. The van der Waals surface area contributed by atoms with Crippen molar-refractivity contribution in [1.82, 2.24) is 5.32 Å². The molecule has 0 spiro atoms. The van der Waals surface area contributed by atoms with Crippen molar-refractivity contribution in [2.75, 3.05) is 13.6 Å². The van der Waals surface area contributed by atoms with Gasteiger partial charge in [0.15, 0.2) is 5.78 Å². The molecule has 0 amide bonds. The first-order chi connectivity index (χ1) is 6.74. The number of nitrogens with one attached hydrogen (secondary N) is 1. The second-order valence-electron chi connectivity index (χ2n) is 3.40. The molecule has 0 fully saturated rings. The average Bonchev–Trinajstić information content (AvgIpc) is 2.19. The lowest BCUT2D eigenvalue weighted by molar-refractivity contribution is -0.115. The Kier molecular flexibility index (Phi) is 4.53. The van der Waals surface area contributed by atoms with E-state index in [4.69, 9.17) is 0 Å². The van der Waals surface area contributed by atoms with Crippen LogP contribution in [0.5, 0.6) is 0 Å². The summed E-state index contributed by atoms with van der Waals surface area (Å²) in [5.74, 6) is 0.114. The third kappa shape index (κ3) is 3.42. The topological polar surface area (TPSA) is 29.1 Å². The fraction of sp³-hybridized carbons (Fsp3) is 0.545. The maximum absolute atomic E-state index is 12.7. The molecule has 1 N–H and O–H groups in total. The van der Waals surface area contributed by atoms with E-state index < -0.39 is 6.17 Å². The second kappa shape index (κ2) is 5.70. The summed E-state index contributed by atoms with van der Waals surface area (Å²) in [5, 5.41) is 2.98. The predicted octanol–water partition coefficient (Wildman–Crippen LogP) is 1.78. The van der Waals surface area contributed by atoms with Crippen LogP contribution in [0, 0.1) is 0 Å². The van der Waals surface area contributed by atoms with Crippen molar-refractivity contribution in [3.05, 3.63) is 23.8 Å². The first kappa shape index (κ1) is 11.1. The van der Waals surface area contributed by atoms with E-state index in [-0.39, 0.29) is 5.78 Å². The first-order valence-electron chi connectivity index (χ1n) is 4.94. The van der Waals surface area contributed by atoms with Crippen LogP contribution in [0.2, 0.25) is 0 Å². The van der Waals surface area contributed by atoms with Crippen LogP contribution in [0.3, 0.4) is 0 Å². The van der Waals surface area contributed by atoms with E-state index in [1.165, 1.54) is 6.08 Å². The molecular formula is C11H16FNO. The molecule has 0 bridgehead atoms. The standard InChI is InChI=1S/C11H16FNO/c1-13-8-2-3-11(14)9-4-6-10(12)7-5-9/h4-6,10,13H,2-3,7-8H2,1H3. The van der Waals surface area contributed by atoms with Gasteiger partial charge < -0.3 is 5.32 Å². The number of hydrogen-bond donors (Lipinski definition) is 1. The summed E-state index contributed by atoms with van der Waals surface area (Å²) in [7, 11) is 1.86. The van der Waals surface area contributed by atoms with Crippen LogP contribution in [0.4, 0.5) is 4.39 Å². The summed E-state index contributed by atoms with van der Waals surface area (Å²) in [6, 6.07) is 0. The lowest BCUT2D eigenvalue weighted by Crippen LogP contribution is -2.11. The Morgan fingerprint density at radius 1 is 1.71 bits per heavy atom. The van der Waals surface area contributed by atoms with Crippen molar-refractivity contribution in [1.29, 1.82) is 0 Å². The zero-order valence-corrected chi connectivity index (χ0v) is 8.42. The van der Waals surface area contributed by atoms with Gasteiger partial charge in [-0.1, -0.05) is 12.2 Å². The van der Waals surface area contributed by atoms with E-state index in [1.54, 1.807) is 12.2 Å². The van der Waals surface area contributed by atoms with Gasteiger partial charge in [0, 0.05) is 18.4 Å². The van der Waals surface area contributed by atoms with Gasteiger partial charge in [0.2, 0.25) is 0 Å². The van der Waals surface area contributed by atoms with Crippen LogP contribution >= 0.6 is 0 Å². The highest BCUT2D eigenvalue weighted by Gasteiger charge is 2.11. The Morgan fingerprint density at radius 2 is 2.50 bits per heavy atom. The summed E-state index contributed by atoms with van der Waals surface area (Å²) in [6.45, 7) is 0.842. The van der Waals surface area contributed by atoms with Gasteiger partial charge in [0.25, 0.3) is 0 Å². The van der Waals surface area contributed by atoms with Crippen LogP contribution in [0.25, 0.3) is 0 Å². The minimum atomic E-state index is -0.913. The molecule has 0 aromatic carbocycles. The Hall–Kier alpha value is -0.960. The van der Waals surface area contributed by atoms with Gasteiger partial charge in [0.05, 0.1) is 0 Å². The molecule has 0 saturated heterocycles. The van der Waals surface area contributed by atoms with E-state index in [0.717, 1.165) is 13.0 Å². The van der Waals surface area contributed by atoms with Gasteiger partial charge in [-0.05, 0) is 26.1 Å². The number of Topliss-reactive ketones (excluding diaryl/α,β-unsaturated/α-hetero) is 1. The third-order valence-electron chi connectivity index (χ3n) is 2.20. The fourth-order valence-corrected chi connectivity index (χ4v) is 1.37. The van der Waals surface area contributed by atoms with Crippen LogP contribution in [0.15, 0.2) is 23.8 Å². The number of ketones is 1. The Balaban J connectivity index is 2.35. The van der Waals surface area contributed by atoms with Gasteiger partial charge in [-0.25, -0.2) is 4.39 Å². The van der Waals surface area contributed by atoms with Gasteiger partial charge in [-0.3, -0.25) is 4.79 Å². The normalized spacial score (nSPS) is 20.7. The van der Waals surface area contributed by atoms with Crippen LogP contribution < -0.4 is 5.32 Å². The minimum Gasteiger partial charge on any atom is -0.320 e. The van der Waals surface area contributed by atoms with E-state index in [2.05, 4.69) is 5.32 Å². The number of alkyl halides is 1. The molecule has 1 aliphatic carbocycles. The van der Waals surface area contributed by atoms with Crippen molar-refractivity contribution < 1.29 is 9.18 Å². The number of hydrogen-bond acceptors (Lipinski definition) is 2. The van der Waals surface area contributed by atoms with Gasteiger partial charge in [-0.2, -0.15) is 0 Å². The van der Waals surface area contributed by atoms with E-state index >= 15 is 0 Å². The Labute approximate surface area is 83.9 Å². The summed E-state index contributed by atoms with van der Waals surface area (Å²) >= 11 is 0. The number of allylic oxidation sites excluding steroid dienone is 4. The van der Waals surface area contributed by atoms with Crippen LogP contribution in [-0.4, -0.2) is 25.5 Å². The van der Waals surface area contributed by atoms with E-state index in [0.29, 0.717) is 18.4 Å². The molecule has 0 aliphatic heterocycles. The number of halogens is 1. The van der Waals surface area contributed by atoms with E-state index in [9.17, 15) is 9.18 Å². The van der Waals surface area contributed by atoms with Gasteiger partial charge in [0.1, 0.15) is 6.17 Å². The quantitative estimate of drug-likeness (QED) is 0.681. The molecule has 1 aliphatic rings. The molecule has 14 heavy (non-hydrogen) atoms. The van der Waals surface area contributed by atoms with Gasteiger partial charge >= 0.3 is 0 Å². The first-order valence-corrected chi connectivity index (χ1v) is 4.94. The van der Waals surface area contributed by atoms with E-state index in [1.807, 2.05) is 7.05 Å². The molecule has 2 nitrogen and oxygen atoms in total. The SMILES string of the molecule is CNCCCC(=O)C1=CCC(F)C=C1. The molecule has 0 aromatic rings. The largest absolute Gasteiger partial charge is 0.320 e. The molecule has 0 aromatic heterocycles. The summed E-state index contributed by atoms with van der Waals surface area (Å²) in [5.41, 5.74) is 0.662. The van der Waals surface area contributed by atoms with Crippen molar-refractivity contribution in [2.45, 2.75) is 25.4 Å². The van der Waals surface area contributed by atoms with Crippen molar-refractivity contribution in [2.24, 2.45) is 0 Å². The smallest absolute Gasteiger partial charge is 0.162 e. The monoisotopic (exact) mass is 197 g/mol. The number of rotatable bonds is 5. The molecular weight excluding hydrogens is 181 g/mol.